The van der Waals surface area contributed by atoms with Crippen molar-refractivity contribution in [3.8, 4) is 11.1 Å². The van der Waals surface area contributed by atoms with Crippen molar-refractivity contribution in [3.63, 3.8) is 0 Å². The second-order valence-corrected chi connectivity index (χ2v) is 8.96. The highest BCUT2D eigenvalue weighted by atomic mass is 16.5. The summed E-state index contributed by atoms with van der Waals surface area (Å²) in [5, 5.41) is 2.80. The van der Waals surface area contributed by atoms with E-state index in [1.165, 1.54) is 12.2 Å². The monoisotopic (exact) mass is 501 g/mol. The molecule has 188 valence electrons. The zero-order valence-corrected chi connectivity index (χ0v) is 19.8. The van der Waals surface area contributed by atoms with Crippen LogP contribution in [0.2, 0.25) is 0 Å². The molecule has 2 aromatic rings. The fourth-order valence-electron chi connectivity index (χ4n) is 4.81. The van der Waals surface area contributed by atoms with E-state index >= 15 is 0 Å². The van der Waals surface area contributed by atoms with Crippen LogP contribution in [0.1, 0.15) is 36.3 Å². The minimum absolute atomic E-state index is 0.00263. The van der Waals surface area contributed by atoms with Gasteiger partial charge in [-0.15, -0.1) is 0 Å². The number of anilines is 1. The van der Waals surface area contributed by atoms with E-state index in [1.807, 2.05) is 36.4 Å². The minimum atomic E-state index is -0.667. The standard InChI is InChI=1S/C27H23N3O7/c31-22(11-12-29-23(32)7-8-24(29)33)28-16-5-6-19-17-3-1-2-4-18(17)21(20(19)13-16)15-37-27(36)14-30-25(34)9-10-26(30)35/h1-8,13,21H,9-12,14-15H2,(H,28,31). The number of carbonyl (C=O) groups excluding carboxylic acids is 6. The third-order valence-electron chi connectivity index (χ3n) is 6.65. The first-order chi connectivity index (χ1) is 17.8. The highest BCUT2D eigenvalue weighted by Gasteiger charge is 2.33. The molecule has 0 aromatic heterocycles. The van der Waals surface area contributed by atoms with Gasteiger partial charge >= 0.3 is 5.97 Å². The molecule has 5 rings (SSSR count). The molecule has 1 unspecified atom stereocenters. The number of hydrogen-bond acceptors (Lipinski definition) is 7. The van der Waals surface area contributed by atoms with Crippen molar-refractivity contribution in [3.05, 3.63) is 65.7 Å². The van der Waals surface area contributed by atoms with Gasteiger partial charge in [0.1, 0.15) is 13.2 Å². The number of esters is 1. The number of fused-ring (bicyclic) bond motifs is 3. The van der Waals surface area contributed by atoms with E-state index in [2.05, 4.69) is 5.32 Å². The summed E-state index contributed by atoms with van der Waals surface area (Å²) in [6.07, 6.45) is 2.50. The number of likely N-dealkylation sites (tertiary alicyclic amines) is 1. The number of rotatable bonds is 8. The van der Waals surface area contributed by atoms with E-state index in [9.17, 15) is 28.8 Å². The smallest absolute Gasteiger partial charge is 0.326 e. The molecular formula is C27H23N3O7. The molecule has 2 aliphatic heterocycles. The Labute approximate surface area is 211 Å². The Balaban J connectivity index is 1.27. The van der Waals surface area contributed by atoms with Gasteiger partial charge < -0.3 is 10.1 Å². The Morgan fingerprint density at radius 2 is 1.54 bits per heavy atom. The quantitative estimate of drug-likeness (QED) is 0.431. The molecule has 1 aliphatic carbocycles. The Morgan fingerprint density at radius 1 is 0.865 bits per heavy atom. The van der Waals surface area contributed by atoms with Gasteiger partial charge in [0.15, 0.2) is 0 Å². The van der Waals surface area contributed by atoms with Crippen LogP contribution in [0, 0.1) is 0 Å². The van der Waals surface area contributed by atoms with E-state index in [1.54, 1.807) is 6.07 Å². The van der Waals surface area contributed by atoms with Crippen molar-refractivity contribution < 1.29 is 33.5 Å². The number of carbonyl (C=O) groups is 6. The van der Waals surface area contributed by atoms with Crippen molar-refractivity contribution in [2.45, 2.75) is 25.2 Å². The van der Waals surface area contributed by atoms with Crippen LogP contribution in [0.3, 0.4) is 0 Å². The molecule has 5 amide bonds. The van der Waals surface area contributed by atoms with E-state index in [0.29, 0.717) is 5.69 Å². The van der Waals surface area contributed by atoms with Gasteiger partial charge in [0.05, 0.1) is 0 Å². The van der Waals surface area contributed by atoms with Gasteiger partial charge in [0.2, 0.25) is 17.7 Å². The molecule has 0 bridgehead atoms. The first-order valence-corrected chi connectivity index (χ1v) is 11.9. The van der Waals surface area contributed by atoms with Crippen LogP contribution in [-0.2, 0) is 33.5 Å². The first kappa shape index (κ1) is 24.1. The fraction of sp³-hybridized carbons (Fsp3) is 0.259. The Hall–Kier alpha value is -4.60. The van der Waals surface area contributed by atoms with Crippen molar-refractivity contribution in [1.29, 1.82) is 0 Å². The second-order valence-electron chi connectivity index (χ2n) is 8.96. The third kappa shape index (κ3) is 4.77. The molecule has 37 heavy (non-hydrogen) atoms. The number of hydrogen-bond donors (Lipinski definition) is 1. The Kier molecular flexibility index (Phi) is 6.39. The van der Waals surface area contributed by atoms with Gasteiger partial charge in [0, 0.05) is 49.6 Å². The summed E-state index contributed by atoms with van der Waals surface area (Å²) in [5.74, 6) is -2.97. The average Bonchev–Trinajstić information content (AvgIpc) is 3.49. The predicted octanol–water partition coefficient (Wildman–Crippen LogP) is 1.74. The van der Waals surface area contributed by atoms with Crippen LogP contribution in [-0.4, -0.2) is 65.0 Å². The van der Waals surface area contributed by atoms with Crippen LogP contribution in [0.5, 0.6) is 0 Å². The SMILES string of the molecule is O=C(CCN1C(=O)C=CC1=O)Nc1ccc2c(c1)C(COC(=O)CN1C(=O)CCC1=O)c1ccccc1-2. The summed E-state index contributed by atoms with van der Waals surface area (Å²) in [6, 6.07) is 13.2. The third-order valence-corrected chi connectivity index (χ3v) is 6.65. The van der Waals surface area contributed by atoms with Crippen LogP contribution in [0.15, 0.2) is 54.6 Å². The fourth-order valence-corrected chi connectivity index (χ4v) is 4.81. The zero-order valence-electron chi connectivity index (χ0n) is 19.8. The van der Waals surface area contributed by atoms with E-state index in [0.717, 1.165) is 32.1 Å². The Morgan fingerprint density at radius 3 is 2.27 bits per heavy atom. The summed E-state index contributed by atoms with van der Waals surface area (Å²) in [5.41, 5.74) is 4.27. The molecule has 3 aliphatic rings. The molecule has 1 atom stereocenters. The maximum Gasteiger partial charge on any atom is 0.326 e. The highest BCUT2D eigenvalue weighted by molar-refractivity contribution is 6.13. The molecule has 0 radical (unpaired) electrons. The van der Waals surface area contributed by atoms with E-state index in [-0.39, 0.29) is 56.1 Å². The van der Waals surface area contributed by atoms with Crippen molar-refractivity contribution in [2.75, 3.05) is 25.0 Å². The zero-order chi connectivity index (χ0) is 26.1. The normalized spacial score (nSPS) is 17.9. The number of benzene rings is 2. The topological polar surface area (TPSA) is 130 Å². The van der Waals surface area contributed by atoms with E-state index < -0.39 is 24.3 Å². The molecule has 10 nitrogen and oxygen atoms in total. The summed E-state index contributed by atoms with van der Waals surface area (Å²) in [4.78, 5) is 73.8. The lowest BCUT2D eigenvalue weighted by molar-refractivity contribution is -0.152. The largest absolute Gasteiger partial charge is 0.463 e. The molecule has 1 N–H and O–H groups in total. The van der Waals surface area contributed by atoms with Gasteiger partial charge in [-0.3, -0.25) is 38.6 Å². The molecule has 2 heterocycles. The number of nitrogens with one attached hydrogen (secondary N) is 1. The van der Waals surface area contributed by atoms with Gasteiger partial charge in [-0.25, -0.2) is 0 Å². The number of nitrogens with zero attached hydrogens (tertiary/aromatic N) is 2. The van der Waals surface area contributed by atoms with Crippen LogP contribution >= 0.6 is 0 Å². The average molecular weight is 501 g/mol. The molecule has 2 aromatic carbocycles. The Bertz CT molecular complexity index is 1350. The number of imide groups is 2. The summed E-state index contributed by atoms with van der Waals surface area (Å²) in [6.45, 7) is -0.428. The van der Waals surface area contributed by atoms with Gasteiger partial charge in [-0.2, -0.15) is 0 Å². The van der Waals surface area contributed by atoms with Crippen molar-refractivity contribution in [1.82, 2.24) is 9.80 Å². The van der Waals surface area contributed by atoms with Gasteiger partial charge in [-0.1, -0.05) is 30.3 Å². The maximum absolute atomic E-state index is 12.5. The lowest BCUT2D eigenvalue weighted by Gasteiger charge is -2.17. The van der Waals surface area contributed by atoms with E-state index in [4.69, 9.17) is 4.74 Å². The molecule has 10 heteroatoms. The van der Waals surface area contributed by atoms with Crippen LogP contribution in [0.4, 0.5) is 5.69 Å². The summed E-state index contributed by atoms with van der Waals surface area (Å²) >= 11 is 0. The van der Waals surface area contributed by atoms with Gasteiger partial charge in [-0.05, 0) is 34.4 Å². The lowest BCUT2D eigenvalue weighted by atomic mass is 9.97. The van der Waals surface area contributed by atoms with Gasteiger partial charge in [0.25, 0.3) is 11.8 Å². The first-order valence-electron chi connectivity index (χ1n) is 11.9. The number of amides is 5. The maximum atomic E-state index is 12.5. The molecule has 0 saturated carbocycles. The number of ether oxygens (including phenoxy) is 1. The molecule has 1 saturated heterocycles. The van der Waals surface area contributed by atoms with Crippen LogP contribution < -0.4 is 5.32 Å². The second kappa shape index (κ2) is 9.81. The molecular weight excluding hydrogens is 478 g/mol. The molecule has 1 fully saturated rings. The minimum Gasteiger partial charge on any atom is -0.463 e. The highest BCUT2D eigenvalue weighted by Crippen LogP contribution is 2.45. The predicted molar refractivity (Wildman–Crippen MR) is 130 cm³/mol. The van der Waals surface area contributed by atoms with Crippen LogP contribution in [0.25, 0.3) is 11.1 Å². The summed E-state index contributed by atoms with van der Waals surface area (Å²) in [7, 11) is 0. The lowest BCUT2D eigenvalue weighted by Crippen LogP contribution is -2.35. The summed E-state index contributed by atoms with van der Waals surface area (Å²) < 4.78 is 5.49. The van der Waals surface area contributed by atoms with Crippen molar-refractivity contribution >= 4 is 41.2 Å². The molecule has 0 spiro atoms. The van der Waals surface area contributed by atoms with Crippen molar-refractivity contribution in [2.24, 2.45) is 0 Å².